The van der Waals surface area contributed by atoms with Crippen molar-refractivity contribution >= 4 is 5.91 Å². The van der Waals surface area contributed by atoms with Gasteiger partial charge in [0.2, 0.25) is 5.91 Å². The predicted octanol–water partition coefficient (Wildman–Crippen LogP) is -0.673. The zero-order valence-corrected chi connectivity index (χ0v) is 9.21. The molecular weight excluding hydrogens is 184 g/mol. The van der Waals surface area contributed by atoms with Crippen molar-refractivity contribution in [2.24, 2.45) is 0 Å². The molecule has 1 amide bonds. The number of nitrogens with one attached hydrogen (secondary N) is 1. The number of methoxy groups -OCH3 is 1. The molecule has 14 heavy (non-hydrogen) atoms. The van der Waals surface area contributed by atoms with Gasteiger partial charge in [0.25, 0.3) is 0 Å². The second-order valence-electron chi connectivity index (χ2n) is 3.20. The van der Waals surface area contributed by atoms with Crippen LogP contribution in [0.3, 0.4) is 0 Å². The molecule has 0 aromatic heterocycles. The Morgan fingerprint density at radius 3 is 2.64 bits per heavy atom. The summed E-state index contributed by atoms with van der Waals surface area (Å²) < 4.78 is 9.93. The largest absolute Gasteiger partial charge is 0.378 e. The summed E-state index contributed by atoms with van der Waals surface area (Å²) >= 11 is 0. The van der Waals surface area contributed by atoms with Gasteiger partial charge in [-0.2, -0.15) is 0 Å². The SMILES string of the molecule is COCC(=O)NCCOCCN(C)C. The summed E-state index contributed by atoms with van der Waals surface area (Å²) in [7, 11) is 5.47. The van der Waals surface area contributed by atoms with E-state index in [1.54, 1.807) is 0 Å². The van der Waals surface area contributed by atoms with Gasteiger partial charge in [0.1, 0.15) is 6.61 Å². The number of hydrogen-bond donors (Lipinski definition) is 1. The van der Waals surface area contributed by atoms with Crippen molar-refractivity contribution in [2.75, 3.05) is 54.1 Å². The first-order valence-electron chi connectivity index (χ1n) is 4.65. The van der Waals surface area contributed by atoms with E-state index in [1.165, 1.54) is 7.11 Å². The zero-order chi connectivity index (χ0) is 10.8. The second-order valence-corrected chi connectivity index (χ2v) is 3.20. The average Bonchev–Trinajstić information content (AvgIpc) is 2.11. The Kier molecular flexibility index (Phi) is 8.51. The molecule has 5 heteroatoms. The fourth-order valence-corrected chi connectivity index (χ4v) is 0.794. The van der Waals surface area contributed by atoms with Crippen LogP contribution in [0.1, 0.15) is 0 Å². The van der Waals surface area contributed by atoms with Gasteiger partial charge < -0.3 is 19.7 Å². The molecule has 0 saturated heterocycles. The first-order valence-corrected chi connectivity index (χ1v) is 4.65. The molecule has 0 aromatic carbocycles. The summed E-state index contributed by atoms with van der Waals surface area (Å²) in [5.41, 5.74) is 0. The van der Waals surface area contributed by atoms with E-state index in [-0.39, 0.29) is 12.5 Å². The van der Waals surface area contributed by atoms with E-state index in [1.807, 2.05) is 19.0 Å². The Balaban J connectivity index is 3.09. The van der Waals surface area contributed by atoms with Crippen LogP contribution in [0.4, 0.5) is 0 Å². The van der Waals surface area contributed by atoms with Crippen LogP contribution in [0.5, 0.6) is 0 Å². The normalized spacial score (nSPS) is 10.6. The highest BCUT2D eigenvalue weighted by Crippen LogP contribution is 1.78. The zero-order valence-electron chi connectivity index (χ0n) is 9.21. The minimum atomic E-state index is -0.108. The summed E-state index contributed by atoms with van der Waals surface area (Å²) in [4.78, 5) is 12.9. The molecule has 0 bridgehead atoms. The first-order chi connectivity index (χ1) is 6.66. The minimum absolute atomic E-state index is 0.108. The van der Waals surface area contributed by atoms with E-state index in [2.05, 4.69) is 10.1 Å². The molecule has 0 heterocycles. The monoisotopic (exact) mass is 204 g/mol. The molecule has 0 saturated carbocycles. The lowest BCUT2D eigenvalue weighted by Gasteiger charge is -2.10. The Hall–Kier alpha value is -0.650. The van der Waals surface area contributed by atoms with Crippen LogP contribution < -0.4 is 5.32 Å². The van der Waals surface area contributed by atoms with E-state index in [0.29, 0.717) is 19.8 Å². The van der Waals surface area contributed by atoms with Crippen molar-refractivity contribution in [3.8, 4) is 0 Å². The van der Waals surface area contributed by atoms with Crippen LogP contribution in [0.15, 0.2) is 0 Å². The number of rotatable bonds is 8. The standard InChI is InChI=1S/C9H20N2O3/c1-11(2)5-7-14-6-4-10-9(12)8-13-3/h4-8H2,1-3H3,(H,10,12). The third kappa shape index (κ3) is 9.44. The Morgan fingerprint density at radius 1 is 1.36 bits per heavy atom. The van der Waals surface area contributed by atoms with Crippen LogP contribution in [0.25, 0.3) is 0 Å². The van der Waals surface area contributed by atoms with E-state index >= 15 is 0 Å². The molecule has 84 valence electrons. The quantitative estimate of drug-likeness (QED) is 0.533. The number of likely N-dealkylation sites (N-methyl/N-ethyl adjacent to an activating group) is 1. The second kappa shape index (κ2) is 8.93. The molecule has 1 N–H and O–H groups in total. The van der Waals surface area contributed by atoms with Crippen LogP contribution >= 0.6 is 0 Å². The fraction of sp³-hybridized carbons (Fsp3) is 0.889. The third-order valence-electron chi connectivity index (χ3n) is 1.53. The molecule has 0 aromatic rings. The van der Waals surface area contributed by atoms with Gasteiger partial charge in [0.05, 0.1) is 13.2 Å². The fourth-order valence-electron chi connectivity index (χ4n) is 0.794. The number of nitrogens with zero attached hydrogens (tertiary/aromatic N) is 1. The predicted molar refractivity (Wildman–Crippen MR) is 54.3 cm³/mol. The van der Waals surface area contributed by atoms with Gasteiger partial charge in [-0.3, -0.25) is 4.79 Å². The molecule has 0 unspecified atom stereocenters. The lowest BCUT2D eigenvalue weighted by atomic mass is 10.6. The average molecular weight is 204 g/mol. The number of carbonyl (C=O) groups excluding carboxylic acids is 1. The summed E-state index contributed by atoms with van der Waals surface area (Å²) in [5.74, 6) is -0.108. The first kappa shape index (κ1) is 13.4. The van der Waals surface area contributed by atoms with Gasteiger partial charge in [-0.05, 0) is 14.1 Å². The Bertz CT molecular complexity index is 151. The van der Waals surface area contributed by atoms with Crippen LogP contribution in [-0.2, 0) is 14.3 Å². The molecule has 0 rings (SSSR count). The maximum absolute atomic E-state index is 10.9. The lowest BCUT2D eigenvalue weighted by Crippen LogP contribution is -2.30. The minimum Gasteiger partial charge on any atom is -0.378 e. The van der Waals surface area contributed by atoms with Crippen molar-refractivity contribution in [3.05, 3.63) is 0 Å². The molecular formula is C9H20N2O3. The van der Waals surface area contributed by atoms with Crippen LogP contribution in [0.2, 0.25) is 0 Å². The van der Waals surface area contributed by atoms with Gasteiger partial charge in [-0.25, -0.2) is 0 Å². The molecule has 0 radical (unpaired) electrons. The van der Waals surface area contributed by atoms with Crippen molar-refractivity contribution < 1.29 is 14.3 Å². The molecule has 0 spiro atoms. The van der Waals surface area contributed by atoms with E-state index in [9.17, 15) is 4.79 Å². The molecule has 5 nitrogen and oxygen atoms in total. The maximum Gasteiger partial charge on any atom is 0.246 e. The summed E-state index contributed by atoms with van der Waals surface area (Å²) in [6.45, 7) is 2.77. The van der Waals surface area contributed by atoms with Gasteiger partial charge in [0.15, 0.2) is 0 Å². The van der Waals surface area contributed by atoms with Gasteiger partial charge in [-0.1, -0.05) is 0 Å². The molecule has 0 atom stereocenters. The van der Waals surface area contributed by atoms with E-state index in [0.717, 1.165) is 6.54 Å². The van der Waals surface area contributed by atoms with Crippen molar-refractivity contribution in [1.29, 1.82) is 0 Å². The van der Waals surface area contributed by atoms with E-state index < -0.39 is 0 Å². The van der Waals surface area contributed by atoms with Crippen molar-refractivity contribution in [2.45, 2.75) is 0 Å². The highest BCUT2D eigenvalue weighted by molar-refractivity contribution is 5.77. The summed E-state index contributed by atoms with van der Waals surface area (Å²) in [6.07, 6.45) is 0. The molecule has 0 aliphatic rings. The van der Waals surface area contributed by atoms with E-state index in [4.69, 9.17) is 4.74 Å². The summed E-state index contributed by atoms with van der Waals surface area (Å²) in [5, 5.41) is 2.67. The Morgan fingerprint density at radius 2 is 2.07 bits per heavy atom. The number of amides is 1. The van der Waals surface area contributed by atoms with Crippen molar-refractivity contribution in [3.63, 3.8) is 0 Å². The number of hydrogen-bond acceptors (Lipinski definition) is 4. The third-order valence-corrected chi connectivity index (χ3v) is 1.53. The van der Waals surface area contributed by atoms with Crippen LogP contribution in [-0.4, -0.2) is 64.9 Å². The smallest absolute Gasteiger partial charge is 0.246 e. The summed E-state index contributed by atoms with van der Waals surface area (Å²) in [6, 6.07) is 0. The highest BCUT2D eigenvalue weighted by Gasteiger charge is 1.97. The Labute approximate surface area is 85.4 Å². The topological polar surface area (TPSA) is 50.8 Å². The van der Waals surface area contributed by atoms with Gasteiger partial charge >= 0.3 is 0 Å². The lowest BCUT2D eigenvalue weighted by molar-refractivity contribution is -0.124. The van der Waals surface area contributed by atoms with Crippen molar-refractivity contribution in [1.82, 2.24) is 10.2 Å². The highest BCUT2D eigenvalue weighted by atomic mass is 16.5. The molecule has 0 aliphatic heterocycles. The molecule has 0 fully saturated rings. The van der Waals surface area contributed by atoms with Crippen LogP contribution in [0, 0.1) is 0 Å². The number of ether oxygens (including phenoxy) is 2. The van der Waals surface area contributed by atoms with Gasteiger partial charge in [0, 0.05) is 20.2 Å². The molecule has 0 aliphatic carbocycles. The number of carbonyl (C=O) groups is 1. The maximum atomic E-state index is 10.9. The van der Waals surface area contributed by atoms with Gasteiger partial charge in [-0.15, -0.1) is 0 Å².